The number of aromatic carboxylic acids is 1. The Hall–Kier alpha value is -2.28. The summed E-state index contributed by atoms with van der Waals surface area (Å²) in [7, 11) is 0. The maximum Gasteiger partial charge on any atom is 0.355 e. The van der Waals surface area contributed by atoms with Gasteiger partial charge >= 0.3 is 5.97 Å². The molecule has 0 saturated carbocycles. The van der Waals surface area contributed by atoms with Gasteiger partial charge in [-0.25, -0.2) is 9.78 Å². The Labute approximate surface area is 113 Å². The number of carboxylic acids is 1. The van der Waals surface area contributed by atoms with E-state index in [2.05, 4.69) is 15.3 Å². The number of carboxylic acid groups (broad SMARTS) is 1. The molecule has 1 amide bonds. The molecule has 0 radical (unpaired) electrons. The second-order valence-corrected chi connectivity index (χ2v) is 4.68. The molecule has 0 aliphatic carbocycles. The van der Waals surface area contributed by atoms with Crippen molar-refractivity contribution in [2.45, 2.75) is 13.0 Å². The van der Waals surface area contributed by atoms with Crippen LogP contribution in [0.2, 0.25) is 0 Å². The molecule has 0 aromatic carbocycles. The highest BCUT2D eigenvalue weighted by Gasteiger charge is 2.17. The number of rotatable bonds is 4. The zero-order valence-electron chi connectivity index (χ0n) is 10.0. The van der Waals surface area contributed by atoms with Crippen molar-refractivity contribution in [3.05, 3.63) is 46.2 Å². The molecule has 2 heterocycles. The van der Waals surface area contributed by atoms with Crippen LogP contribution in [0.5, 0.6) is 0 Å². The molecule has 6 nitrogen and oxygen atoms in total. The van der Waals surface area contributed by atoms with Crippen LogP contribution in [0.1, 0.15) is 39.0 Å². The van der Waals surface area contributed by atoms with Gasteiger partial charge < -0.3 is 10.4 Å². The average Bonchev–Trinajstić information content (AvgIpc) is 2.89. The van der Waals surface area contributed by atoms with Crippen molar-refractivity contribution in [2.24, 2.45) is 0 Å². The summed E-state index contributed by atoms with van der Waals surface area (Å²) in [5.41, 5.74) is 0.295. The van der Waals surface area contributed by atoms with Crippen LogP contribution in [0.25, 0.3) is 0 Å². The highest BCUT2D eigenvalue weighted by molar-refractivity contribution is 7.09. The number of nitrogens with one attached hydrogen (secondary N) is 1. The van der Waals surface area contributed by atoms with Gasteiger partial charge in [-0.05, 0) is 19.1 Å². The van der Waals surface area contributed by atoms with E-state index in [-0.39, 0.29) is 17.6 Å². The SMILES string of the molecule is CC(NC(=O)c1ccccn1)c1nc(C(=O)O)cs1. The van der Waals surface area contributed by atoms with E-state index >= 15 is 0 Å². The monoisotopic (exact) mass is 277 g/mol. The minimum Gasteiger partial charge on any atom is -0.476 e. The minimum absolute atomic E-state index is 0.0149. The normalized spacial score (nSPS) is 11.8. The van der Waals surface area contributed by atoms with Crippen molar-refractivity contribution in [2.75, 3.05) is 0 Å². The Morgan fingerprint density at radius 3 is 2.74 bits per heavy atom. The fraction of sp³-hybridized carbons (Fsp3) is 0.167. The van der Waals surface area contributed by atoms with Gasteiger partial charge in [-0.3, -0.25) is 9.78 Å². The molecule has 0 saturated heterocycles. The smallest absolute Gasteiger partial charge is 0.355 e. The zero-order valence-corrected chi connectivity index (χ0v) is 10.8. The first-order valence-corrected chi connectivity index (χ1v) is 6.36. The van der Waals surface area contributed by atoms with Crippen molar-refractivity contribution in [1.82, 2.24) is 15.3 Å². The van der Waals surface area contributed by atoms with E-state index in [1.165, 1.54) is 22.9 Å². The number of carbonyl (C=O) groups excluding carboxylic acids is 1. The number of hydrogen-bond acceptors (Lipinski definition) is 5. The molecule has 98 valence electrons. The van der Waals surface area contributed by atoms with Gasteiger partial charge in [0.2, 0.25) is 0 Å². The van der Waals surface area contributed by atoms with Crippen molar-refractivity contribution in [3.8, 4) is 0 Å². The van der Waals surface area contributed by atoms with Crippen LogP contribution in [-0.4, -0.2) is 27.0 Å². The van der Waals surface area contributed by atoms with Crippen LogP contribution in [0, 0.1) is 0 Å². The molecule has 1 unspecified atom stereocenters. The molecule has 2 aromatic rings. The lowest BCUT2D eigenvalue weighted by atomic mass is 10.3. The van der Waals surface area contributed by atoms with Gasteiger partial charge in [0.15, 0.2) is 5.69 Å². The molecular weight excluding hydrogens is 266 g/mol. The van der Waals surface area contributed by atoms with E-state index < -0.39 is 5.97 Å². The lowest BCUT2D eigenvalue weighted by molar-refractivity contribution is 0.0691. The topological polar surface area (TPSA) is 92.2 Å². The lowest BCUT2D eigenvalue weighted by Gasteiger charge is -2.10. The molecule has 0 aliphatic rings. The summed E-state index contributed by atoms with van der Waals surface area (Å²) in [5.74, 6) is -1.40. The zero-order chi connectivity index (χ0) is 13.8. The lowest BCUT2D eigenvalue weighted by Crippen LogP contribution is -2.27. The Bertz CT molecular complexity index is 597. The van der Waals surface area contributed by atoms with Crippen LogP contribution < -0.4 is 5.32 Å². The third-order valence-electron chi connectivity index (χ3n) is 2.36. The summed E-state index contributed by atoms with van der Waals surface area (Å²) in [5, 5.41) is 13.5. The summed E-state index contributed by atoms with van der Waals surface area (Å²) in [6.45, 7) is 1.74. The fourth-order valence-corrected chi connectivity index (χ4v) is 2.21. The molecular formula is C12H11N3O3S. The number of pyridine rings is 1. The Balaban J connectivity index is 2.06. The Kier molecular flexibility index (Phi) is 3.86. The second kappa shape index (κ2) is 5.57. The fourth-order valence-electron chi connectivity index (χ4n) is 1.41. The van der Waals surface area contributed by atoms with Crippen LogP contribution >= 0.6 is 11.3 Å². The number of amides is 1. The summed E-state index contributed by atoms with van der Waals surface area (Å²) in [6, 6.07) is 4.68. The third kappa shape index (κ3) is 3.14. The van der Waals surface area contributed by atoms with E-state index in [9.17, 15) is 9.59 Å². The first kappa shape index (κ1) is 13.2. The quantitative estimate of drug-likeness (QED) is 0.887. The predicted molar refractivity (Wildman–Crippen MR) is 69.2 cm³/mol. The standard InChI is InChI=1S/C12H11N3O3S/c1-7(11-15-9(6-19-11)12(17)18)14-10(16)8-4-2-3-5-13-8/h2-7H,1H3,(H,14,16)(H,17,18). The van der Waals surface area contributed by atoms with E-state index in [4.69, 9.17) is 5.11 Å². The number of nitrogens with zero attached hydrogens (tertiary/aromatic N) is 2. The van der Waals surface area contributed by atoms with Crippen molar-refractivity contribution in [3.63, 3.8) is 0 Å². The predicted octanol–water partition coefficient (Wildman–Crippen LogP) is 1.73. The molecule has 0 spiro atoms. The van der Waals surface area contributed by atoms with Crippen LogP contribution in [0.4, 0.5) is 0 Å². The van der Waals surface area contributed by atoms with E-state index in [0.717, 1.165) is 0 Å². The van der Waals surface area contributed by atoms with Crippen LogP contribution in [0.15, 0.2) is 29.8 Å². The van der Waals surface area contributed by atoms with E-state index in [0.29, 0.717) is 10.7 Å². The highest BCUT2D eigenvalue weighted by atomic mass is 32.1. The number of carbonyl (C=O) groups is 2. The Morgan fingerprint density at radius 2 is 2.16 bits per heavy atom. The molecule has 19 heavy (non-hydrogen) atoms. The van der Waals surface area contributed by atoms with Crippen molar-refractivity contribution < 1.29 is 14.7 Å². The highest BCUT2D eigenvalue weighted by Crippen LogP contribution is 2.18. The third-order valence-corrected chi connectivity index (χ3v) is 3.38. The number of aromatic nitrogens is 2. The van der Waals surface area contributed by atoms with Gasteiger partial charge in [0.1, 0.15) is 10.7 Å². The van der Waals surface area contributed by atoms with Crippen molar-refractivity contribution >= 4 is 23.2 Å². The molecule has 0 aliphatic heterocycles. The van der Waals surface area contributed by atoms with E-state index in [1.54, 1.807) is 25.1 Å². The van der Waals surface area contributed by atoms with Crippen LogP contribution in [0.3, 0.4) is 0 Å². The minimum atomic E-state index is -1.08. The molecule has 7 heteroatoms. The molecule has 1 atom stereocenters. The average molecular weight is 277 g/mol. The first-order chi connectivity index (χ1) is 9.08. The molecule has 2 rings (SSSR count). The first-order valence-electron chi connectivity index (χ1n) is 5.48. The molecule has 0 fully saturated rings. The van der Waals surface area contributed by atoms with Gasteiger partial charge in [-0.2, -0.15) is 0 Å². The number of hydrogen-bond donors (Lipinski definition) is 2. The van der Waals surface area contributed by atoms with Crippen LogP contribution in [-0.2, 0) is 0 Å². The summed E-state index contributed by atoms with van der Waals surface area (Å²) >= 11 is 1.20. The number of thiazole rings is 1. The van der Waals surface area contributed by atoms with Crippen molar-refractivity contribution in [1.29, 1.82) is 0 Å². The van der Waals surface area contributed by atoms with Gasteiger partial charge in [-0.1, -0.05) is 6.07 Å². The second-order valence-electron chi connectivity index (χ2n) is 3.79. The van der Waals surface area contributed by atoms with Gasteiger partial charge in [0, 0.05) is 11.6 Å². The summed E-state index contributed by atoms with van der Waals surface area (Å²) in [4.78, 5) is 30.5. The maximum atomic E-state index is 11.9. The van der Waals surface area contributed by atoms with Gasteiger partial charge in [-0.15, -0.1) is 11.3 Å². The summed E-state index contributed by atoms with van der Waals surface area (Å²) in [6.07, 6.45) is 1.53. The maximum absolute atomic E-state index is 11.9. The summed E-state index contributed by atoms with van der Waals surface area (Å²) < 4.78 is 0. The molecule has 0 bridgehead atoms. The molecule has 2 N–H and O–H groups in total. The Morgan fingerprint density at radius 1 is 1.37 bits per heavy atom. The largest absolute Gasteiger partial charge is 0.476 e. The molecule has 2 aromatic heterocycles. The van der Waals surface area contributed by atoms with E-state index in [1.807, 2.05) is 0 Å². The van der Waals surface area contributed by atoms with Gasteiger partial charge in [0.25, 0.3) is 5.91 Å². The van der Waals surface area contributed by atoms with Gasteiger partial charge in [0.05, 0.1) is 6.04 Å².